The predicted molar refractivity (Wildman–Crippen MR) is 122 cm³/mol. The summed E-state index contributed by atoms with van der Waals surface area (Å²) < 4.78 is 2.06. The van der Waals surface area contributed by atoms with Gasteiger partial charge in [-0.2, -0.15) is 0 Å². The molecule has 1 aliphatic heterocycles. The molecule has 0 spiro atoms. The molecule has 1 saturated carbocycles. The lowest BCUT2D eigenvalue weighted by Gasteiger charge is -2.24. The Morgan fingerprint density at radius 1 is 1.28 bits per heavy atom. The second-order valence-electron chi connectivity index (χ2n) is 7.42. The van der Waals surface area contributed by atoms with E-state index in [1.54, 1.807) is 23.2 Å². The fraction of sp³-hybridized carbons (Fsp3) is 0.429. The molecule has 1 amide bonds. The molecule has 4 rings (SSSR count). The number of anilines is 1. The van der Waals surface area contributed by atoms with Crippen LogP contribution in [-0.2, 0) is 4.79 Å². The van der Waals surface area contributed by atoms with E-state index in [0.717, 1.165) is 19.3 Å². The molecule has 2 fully saturated rings. The highest BCUT2D eigenvalue weighted by Gasteiger charge is 2.32. The number of nitrogens with one attached hydrogen (secondary N) is 1. The number of rotatable bonds is 5. The smallest absolute Gasteiger partial charge is 0.267 e. The Bertz CT molecular complexity index is 1040. The van der Waals surface area contributed by atoms with Crippen molar-refractivity contribution in [2.45, 2.75) is 51.5 Å². The highest BCUT2D eigenvalue weighted by Crippen LogP contribution is 2.33. The molecule has 0 aromatic carbocycles. The van der Waals surface area contributed by atoms with Gasteiger partial charge >= 0.3 is 0 Å². The van der Waals surface area contributed by atoms with Gasteiger partial charge in [-0.25, -0.2) is 4.98 Å². The van der Waals surface area contributed by atoms with Crippen LogP contribution in [0.2, 0.25) is 0 Å². The maximum absolute atomic E-state index is 13.2. The number of aromatic nitrogens is 2. The van der Waals surface area contributed by atoms with Gasteiger partial charge in [-0.15, -0.1) is 0 Å². The Kier molecular flexibility index (Phi) is 6.01. The molecule has 152 valence electrons. The molecule has 1 saturated heterocycles. The van der Waals surface area contributed by atoms with E-state index in [4.69, 9.17) is 17.2 Å². The van der Waals surface area contributed by atoms with E-state index in [-0.39, 0.29) is 11.5 Å². The van der Waals surface area contributed by atoms with E-state index in [1.807, 2.05) is 19.1 Å². The fourth-order valence-electron chi connectivity index (χ4n) is 3.83. The lowest BCUT2D eigenvalue weighted by molar-refractivity contribution is -0.122. The Morgan fingerprint density at radius 3 is 2.83 bits per heavy atom. The molecule has 29 heavy (non-hydrogen) atoms. The van der Waals surface area contributed by atoms with Crippen LogP contribution in [-0.4, -0.2) is 37.1 Å². The van der Waals surface area contributed by atoms with Crippen LogP contribution < -0.4 is 10.9 Å². The summed E-state index contributed by atoms with van der Waals surface area (Å²) in [6, 6.07) is 5.78. The van der Waals surface area contributed by atoms with Gasteiger partial charge in [0.2, 0.25) is 0 Å². The zero-order chi connectivity index (χ0) is 20.4. The SMILES string of the molecule is CCCN1C(=O)C(=Cc2c(NC3CCCCC3)nc3ccccn3c2=O)SC1=S. The Hall–Kier alpha value is -2.19. The molecule has 6 nitrogen and oxygen atoms in total. The highest BCUT2D eigenvalue weighted by atomic mass is 32.2. The van der Waals surface area contributed by atoms with Crippen LogP contribution in [0.25, 0.3) is 11.7 Å². The van der Waals surface area contributed by atoms with Gasteiger partial charge in [-0.3, -0.25) is 18.9 Å². The first kappa shape index (κ1) is 20.1. The topological polar surface area (TPSA) is 66.7 Å². The summed E-state index contributed by atoms with van der Waals surface area (Å²) in [7, 11) is 0. The maximum atomic E-state index is 13.2. The normalized spacial score (nSPS) is 19.5. The minimum absolute atomic E-state index is 0.136. The van der Waals surface area contributed by atoms with Crippen molar-refractivity contribution >= 4 is 51.7 Å². The molecule has 2 aliphatic rings. The second-order valence-corrected chi connectivity index (χ2v) is 9.10. The van der Waals surface area contributed by atoms with Crippen LogP contribution >= 0.6 is 24.0 Å². The molecule has 8 heteroatoms. The summed E-state index contributed by atoms with van der Waals surface area (Å²) in [6.07, 6.45) is 9.92. The van der Waals surface area contributed by atoms with Crippen molar-refractivity contribution in [2.24, 2.45) is 0 Å². The first-order valence-corrected chi connectivity index (χ1v) is 11.3. The quantitative estimate of drug-likeness (QED) is 0.572. The molecule has 1 aliphatic carbocycles. The van der Waals surface area contributed by atoms with Gasteiger partial charge in [-0.05, 0) is 37.5 Å². The molecule has 3 heterocycles. The van der Waals surface area contributed by atoms with Gasteiger partial charge in [0.1, 0.15) is 15.8 Å². The van der Waals surface area contributed by atoms with Gasteiger partial charge in [0, 0.05) is 18.8 Å². The molecule has 0 atom stereocenters. The zero-order valence-corrected chi connectivity index (χ0v) is 18.0. The van der Waals surface area contributed by atoms with Crippen LogP contribution in [0.4, 0.5) is 5.82 Å². The predicted octanol–water partition coefficient (Wildman–Crippen LogP) is 4.05. The number of amides is 1. The number of pyridine rings is 1. The summed E-state index contributed by atoms with van der Waals surface area (Å²) in [5.41, 5.74) is 0.817. The van der Waals surface area contributed by atoms with Crippen molar-refractivity contribution in [3.05, 3.63) is 45.2 Å². The van der Waals surface area contributed by atoms with Crippen molar-refractivity contribution in [1.82, 2.24) is 14.3 Å². The molecule has 2 aromatic heterocycles. The number of hydrogen-bond acceptors (Lipinski definition) is 6. The maximum Gasteiger partial charge on any atom is 0.267 e. The Morgan fingerprint density at radius 2 is 2.07 bits per heavy atom. The third-order valence-corrected chi connectivity index (χ3v) is 6.69. The standard InChI is InChI=1S/C21H24N4O2S2/c1-2-11-25-20(27)16(29-21(25)28)13-15-18(22-14-8-4-3-5-9-14)23-17-10-6-7-12-24(17)19(15)26/h6-7,10,12-14,22H,2-5,8-9,11H2,1H3. The van der Waals surface area contributed by atoms with E-state index >= 15 is 0 Å². The van der Waals surface area contributed by atoms with Gasteiger partial charge in [0.15, 0.2) is 0 Å². The second kappa shape index (κ2) is 8.67. The highest BCUT2D eigenvalue weighted by molar-refractivity contribution is 8.26. The number of nitrogens with zero attached hydrogens (tertiary/aromatic N) is 3. The summed E-state index contributed by atoms with van der Waals surface area (Å²) in [5.74, 6) is 0.414. The van der Waals surface area contributed by atoms with E-state index in [2.05, 4.69) is 5.32 Å². The molecule has 0 bridgehead atoms. The average Bonchev–Trinajstić information content (AvgIpc) is 2.99. The largest absolute Gasteiger partial charge is 0.367 e. The van der Waals surface area contributed by atoms with Gasteiger partial charge in [0.05, 0.1) is 10.5 Å². The minimum Gasteiger partial charge on any atom is -0.367 e. The van der Waals surface area contributed by atoms with E-state index in [9.17, 15) is 9.59 Å². The van der Waals surface area contributed by atoms with Crippen LogP contribution in [0, 0.1) is 0 Å². The van der Waals surface area contributed by atoms with Gasteiger partial charge < -0.3 is 5.32 Å². The zero-order valence-electron chi connectivity index (χ0n) is 16.4. The minimum atomic E-state index is -0.185. The number of carbonyl (C=O) groups excluding carboxylic acids is 1. The number of fused-ring (bicyclic) bond motifs is 1. The lowest BCUT2D eigenvalue weighted by atomic mass is 9.95. The fourth-order valence-corrected chi connectivity index (χ4v) is 5.12. The third kappa shape index (κ3) is 4.09. The molecule has 0 unspecified atom stereocenters. The summed E-state index contributed by atoms with van der Waals surface area (Å²) in [4.78, 5) is 32.8. The number of hydrogen-bond donors (Lipinski definition) is 1. The summed E-state index contributed by atoms with van der Waals surface area (Å²) >= 11 is 6.61. The molecular formula is C21H24N4O2S2. The third-order valence-electron chi connectivity index (χ3n) is 5.31. The monoisotopic (exact) mass is 428 g/mol. The summed E-state index contributed by atoms with van der Waals surface area (Å²) in [6.45, 7) is 2.60. The van der Waals surface area contributed by atoms with Gasteiger partial charge in [-0.1, -0.05) is 56.2 Å². The number of thiocarbonyl (C=S) groups is 1. The Labute approximate surface area is 179 Å². The van der Waals surface area contributed by atoms with Crippen molar-refractivity contribution in [2.75, 3.05) is 11.9 Å². The molecule has 0 radical (unpaired) electrons. The van der Waals surface area contributed by atoms with Gasteiger partial charge in [0.25, 0.3) is 11.5 Å². The van der Waals surface area contributed by atoms with Crippen LogP contribution in [0.5, 0.6) is 0 Å². The first-order valence-electron chi connectivity index (χ1n) is 10.1. The number of thioether (sulfide) groups is 1. The van der Waals surface area contributed by atoms with E-state index in [1.165, 1.54) is 35.4 Å². The van der Waals surface area contributed by atoms with E-state index in [0.29, 0.717) is 38.8 Å². The molecule has 1 N–H and O–H groups in total. The average molecular weight is 429 g/mol. The van der Waals surface area contributed by atoms with Crippen LogP contribution in [0.1, 0.15) is 51.0 Å². The summed E-state index contributed by atoms with van der Waals surface area (Å²) in [5, 5.41) is 3.48. The van der Waals surface area contributed by atoms with Crippen molar-refractivity contribution in [3.8, 4) is 0 Å². The lowest BCUT2D eigenvalue weighted by Crippen LogP contribution is -2.29. The van der Waals surface area contributed by atoms with Crippen molar-refractivity contribution in [3.63, 3.8) is 0 Å². The molecular weight excluding hydrogens is 404 g/mol. The number of carbonyl (C=O) groups is 1. The van der Waals surface area contributed by atoms with Crippen molar-refractivity contribution in [1.29, 1.82) is 0 Å². The Balaban J connectivity index is 1.78. The van der Waals surface area contributed by atoms with Crippen molar-refractivity contribution < 1.29 is 4.79 Å². The molecule has 2 aromatic rings. The van der Waals surface area contributed by atoms with E-state index < -0.39 is 0 Å². The van der Waals surface area contributed by atoms with Crippen LogP contribution in [0.3, 0.4) is 0 Å². The first-order chi connectivity index (χ1) is 14.1. The van der Waals surface area contributed by atoms with Crippen LogP contribution in [0.15, 0.2) is 34.1 Å².